The molecule has 0 aliphatic carbocycles. The molecular formula is C13H24N4O2S. The number of hydrogen-bond donors (Lipinski definition) is 1. The zero-order chi connectivity index (χ0) is 14.6. The molecule has 0 radical (unpaired) electrons. The molecule has 6 nitrogen and oxygen atoms in total. The number of aryl methyl sites for hydroxylation is 1. The molecule has 1 aromatic rings. The van der Waals surface area contributed by atoms with Crippen molar-refractivity contribution < 1.29 is 8.42 Å². The Bertz CT molecular complexity index is 520. The number of sulfonamides is 1. The van der Waals surface area contributed by atoms with E-state index in [2.05, 4.69) is 10.3 Å². The predicted molar refractivity (Wildman–Crippen MR) is 77.9 cm³/mol. The molecular weight excluding hydrogens is 276 g/mol. The lowest BCUT2D eigenvalue weighted by Crippen LogP contribution is -2.41. The van der Waals surface area contributed by atoms with Crippen molar-refractivity contribution in [2.75, 3.05) is 26.2 Å². The number of imidazole rings is 1. The molecule has 0 saturated carbocycles. The number of nitrogens with one attached hydrogen (secondary N) is 1. The number of nitrogens with zero attached hydrogens (tertiary/aromatic N) is 3. The lowest BCUT2D eigenvalue weighted by Gasteiger charge is -2.28. The number of piperidine rings is 1. The van der Waals surface area contributed by atoms with E-state index in [1.807, 2.05) is 13.8 Å². The molecule has 1 atom stereocenters. The van der Waals surface area contributed by atoms with Crippen LogP contribution in [-0.2, 0) is 16.6 Å². The van der Waals surface area contributed by atoms with Crippen molar-refractivity contribution >= 4 is 10.0 Å². The zero-order valence-electron chi connectivity index (χ0n) is 12.2. The first-order valence-electron chi connectivity index (χ1n) is 7.30. The van der Waals surface area contributed by atoms with Crippen molar-refractivity contribution in [1.82, 2.24) is 19.2 Å². The van der Waals surface area contributed by atoms with Gasteiger partial charge in [-0.15, -0.1) is 0 Å². The molecule has 114 valence electrons. The van der Waals surface area contributed by atoms with Crippen LogP contribution in [0.4, 0.5) is 0 Å². The average Bonchev–Trinajstić information content (AvgIpc) is 2.95. The van der Waals surface area contributed by atoms with Crippen LogP contribution in [-0.4, -0.2) is 48.5 Å². The summed E-state index contributed by atoms with van der Waals surface area (Å²) in [7, 11) is -3.47. The van der Waals surface area contributed by atoms with Crippen molar-refractivity contribution in [3.05, 3.63) is 12.5 Å². The minimum absolute atomic E-state index is 0.157. The second kappa shape index (κ2) is 6.69. The summed E-state index contributed by atoms with van der Waals surface area (Å²) in [6.45, 7) is 7.56. The Morgan fingerprint density at radius 2 is 2.30 bits per heavy atom. The van der Waals surface area contributed by atoms with Gasteiger partial charge < -0.3 is 9.88 Å². The predicted octanol–water partition coefficient (Wildman–Crippen LogP) is 0.913. The summed E-state index contributed by atoms with van der Waals surface area (Å²) in [5, 5.41) is 3.48. The van der Waals surface area contributed by atoms with Gasteiger partial charge in [-0.25, -0.2) is 13.4 Å². The van der Waals surface area contributed by atoms with Gasteiger partial charge in [-0.1, -0.05) is 6.92 Å². The van der Waals surface area contributed by atoms with E-state index in [1.54, 1.807) is 21.4 Å². The summed E-state index contributed by atoms with van der Waals surface area (Å²) in [5.41, 5.74) is 0. The van der Waals surface area contributed by atoms with E-state index in [0.717, 1.165) is 32.5 Å². The first-order chi connectivity index (χ1) is 9.57. The van der Waals surface area contributed by atoms with E-state index in [0.29, 0.717) is 19.0 Å². The first-order valence-corrected chi connectivity index (χ1v) is 8.74. The molecule has 2 rings (SSSR count). The Morgan fingerprint density at radius 1 is 1.50 bits per heavy atom. The molecule has 1 aromatic heterocycles. The fraction of sp³-hybridized carbons (Fsp3) is 0.769. The van der Waals surface area contributed by atoms with Gasteiger partial charge in [0, 0.05) is 25.8 Å². The lowest BCUT2D eigenvalue weighted by atomic mass is 10.00. The molecule has 0 amide bonds. The van der Waals surface area contributed by atoms with Gasteiger partial charge in [0.25, 0.3) is 10.0 Å². The maximum atomic E-state index is 12.6. The van der Waals surface area contributed by atoms with Crippen LogP contribution in [0.15, 0.2) is 17.6 Å². The Hall–Kier alpha value is -0.920. The van der Waals surface area contributed by atoms with E-state index in [4.69, 9.17) is 0 Å². The molecule has 1 unspecified atom stereocenters. The third-order valence-corrected chi connectivity index (χ3v) is 5.62. The molecule has 20 heavy (non-hydrogen) atoms. The molecule has 1 saturated heterocycles. The van der Waals surface area contributed by atoms with Gasteiger partial charge in [0.2, 0.25) is 0 Å². The number of hydrogen-bond acceptors (Lipinski definition) is 4. The molecule has 7 heteroatoms. The second-order valence-electron chi connectivity index (χ2n) is 5.21. The molecule has 0 aromatic carbocycles. The minimum Gasteiger partial charge on any atom is -0.336 e. The third-order valence-electron chi connectivity index (χ3n) is 3.79. The fourth-order valence-corrected chi connectivity index (χ4v) is 4.00. The van der Waals surface area contributed by atoms with Crippen molar-refractivity contribution in [2.45, 2.75) is 38.3 Å². The van der Waals surface area contributed by atoms with Crippen molar-refractivity contribution in [3.63, 3.8) is 0 Å². The number of rotatable bonds is 6. The summed E-state index contributed by atoms with van der Waals surface area (Å²) in [5.74, 6) is 0.395. The van der Waals surface area contributed by atoms with Crippen LogP contribution in [0.1, 0.15) is 26.7 Å². The van der Waals surface area contributed by atoms with Crippen LogP contribution >= 0.6 is 0 Å². The van der Waals surface area contributed by atoms with Gasteiger partial charge in [0.15, 0.2) is 5.03 Å². The van der Waals surface area contributed by atoms with Crippen molar-refractivity contribution in [1.29, 1.82) is 0 Å². The van der Waals surface area contributed by atoms with Crippen LogP contribution in [0.5, 0.6) is 0 Å². The highest BCUT2D eigenvalue weighted by Gasteiger charge is 2.28. The van der Waals surface area contributed by atoms with Gasteiger partial charge in [0.05, 0.1) is 6.33 Å². The largest absolute Gasteiger partial charge is 0.336 e. The Kier molecular flexibility index (Phi) is 5.17. The first kappa shape index (κ1) is 15.5. The Morgan fingerprint density at radius 3 is 2.85 bits per heavy atom. The fourth-order valence-electron chi connectivity index (χ4n) is 2.54. The third kappa shape index (κ3) is 3.39. The number of aromatic nitrogens is 2. The van der Waals surface area contributed by atoms with Crippen molar-refractivity contribution in [2.24, 2.45) is 5.92 Å². The average molecular weight is 300 g/mol. The quantitative estimate of drug-likeness (QED) is 0.848. The summed E-state index contributed by atoms with van der Waals surface area (Å²) in [6, 6.07) is 0. The van der Waals surface area contributed by atoms with E-state index >= 15 is 0 Å². The second-order valence-corrected chi connectivity index (χ2v) is 7.10. The molecule has 1 fully saturated rings. The van der Waals surface area contributed by atoms with E-state index < -0.39 is 10.0 Å². The molecule has 0 spiro atoms. The molecule has 0 bridgehead atoms. The SMILES string of the molecule is CCN(CC1CCCNC1)S(=O)(=O)c1cn(CC)cn1. The van der Waals surface area contributed by atoms with Crippen LogP contribution in [0.3, 0.4) is 0 Å². The smallest absolute Gasteiger partial charge is 0.262 e. The maximum absolute atomic E-state index is 12.6. The van der Waals surface area contributed by atoms with Crippen LogP contribution in [0.2, 0.25) is 0 Å². The monoisotopic (exact) mass is 300 g/mol. The van der Waals surface area contributed by atoms with Crippen LogP contribution in [0, 0.1) is 5.92 Å². The summed E-state index contributed by atoms with van der Waals surface area (Å²) < 4.78 is 28.5. The molecule has 1 N–H and O–H groups in total. The van der Waals surface area contributed by atoms with Gasteiger partial charge in [0.1, 0.15) is 0 Å². The molecule has 2 heterocycles. The van der Waals surface area contributed by atoms with Crippen LogP contribution in [0.25, 0.3) is 0 Å². The van der Waals surface area contributed by atoms with Crippen molar-refractivity contribution in [3.8, 4) is 0 Å². The van der Waals surface area contributed by atoms with Gasteiger partial charge in [-0.2, -0.15) is 4.31 Å². The summed E-state index contributed by atoms with van der Waals surface area (Å²) >= 11 is 0. The molecule has 1 aliphatic heterocycles. The van der Waals surface area contributed by atoms with Gasteiger partial charge in [-0.05, 0) is 38.8 Å². The van der Waals surface area contributed by atoms with E-state index in [-0.39, 0.29) is 5.03 Å². The highest BCUT2D eigenvalue weighted by Crippen LogP contribution is 2.18. The zero-order valence-corrected chi connectivity index (χ0v) is 13.1. The lowest BCUT2D eigenvalue weighted by molar-refractivity contribution is 0.297. The normalized spacial score (nSPS) is 20.4. The van der Waals surface area contributed by atoms with E-state index in [1.165, 1.54) is 0 Å². The standard InChI is InChI=1S/C13H24N4O2S/c1-3-16-10-13(15-11-16)20(18,19)17(4-2)9-12-6-5-7-14-8-12/h10-12,14H,3-9H2,1-2H3. The molecule has 1 aliphatic rings. The topological polar surface area (TPSA) is 67.2 Å². The summed E-state index contributed by atoms with van der Waals surface area (Å²) in [4.78, 5) is 4.04. The highest BCUT2D eigenvalue weighted by molar-refractivity contribution is 7.89. The highest BCUT2D eigenvalue weighted by atomic mass is 32.2. The Balaban J connectivity index is 2.11. The minimum atomic E-state index is -3.47. The maximum Gasteiger partial charge on any atom is 0.262 e. The van der Waals surface area contributed by atoms with E-state index in [9.17, 15) is 8.42 Å². The Labute approximate surface area is 121 Å². The summed E-state index contributed by atoms with van der Waals surface area (Å²) in [6.07, 6.45) is 5.38. The van der Waals surface area contributed by atoms with Crippen LogP contribution < -0.4 is 5.32 Å². The van der Waals surface area contributed by atoms with Gasteiger partial charge in [-0.3, -0.25) is 0 Å². The van der Waals surface area contributed by atoms with Gasteiger partial charge >= 0.3 is 0 Å².